The van der Waals surface area contributed by atoms with Crippen LogP contribution in [0.1, 0.15) is 30.0 Å². The number of carbonyl (C=O) groups excluding carboxylic acids is 1. The van der Waals surface area contributed by atoms with Crippen molar-refractivity contribution in [3.05, 3.63) is 99.7 Å². The van der Waals surface area contributed by atoms with Crippen LogP contribution in [0.5, 0.6) is 11.6 Å². The smallest absolute Gasteiger partial charge is 0.417 e. The van der Waals surface area contributed by atoms with E-state index in [0.29, 0.717) is 58.6 Å². The topological polar surface area (TPSA) is 101 Å². The molecular weight excluding hydrogens is 456 g/mol. The molecule has 1 N–H and O–H groups in total. The van der Waals surface area contributed by atoms with E-state index in [2.05, 4.69) is 9.97 Å². The molecule has 4 aromatic rings. The third-order valence-electron chi connectivity index (χ3n) is 6.97. The molecule has 1 aliphatic carbocycles. The van der Waals surface area contributed by atoms with Crippen LogP contribution in [-0.4, -0.2) is 39.6 Å². The van der Waals surface area contributed by atoms with Crippen LogP contribution >= 0.6 is 0 Å². The third kappa shape index (κ3) is 3.45. The molecule has 7 rings (SSSR count). The van der Waals surface area contributed by atoms with Gasteiger partial charge in [-0.3, -0.25) is 14.8 Å². The lowest BCUT2D eigenvalue weighted by Crippen LogP contribution is -2.34. The minimum absolute atomic E-state index is 0.0213. The van der Waals surface area contributed by atoms with Gasteiger partial charge in [-0.15, -0.1) is 0 Å². The maximum absolute atomic E-state index is 13.6. The quantitative estimate of drug-likeness (QED) is 0.443. The number of aromatic amines is 1. The molecule has 1 fully saturated rings. The average Bonchev–Trinajstić information content (AvgIpc) is 3.37. The molecule has 2 aliphatic heterocycles. The van der Waals surface area contributed by atoms with Gasteiger partial charge in [0.25, 0.3) is 5.91 Å². The summed E-state index contributed by atoms with van der Waals surface area (Å²) in [5, 5.41) is 0. The van der Waals surface area contributed by atoms with E-state index in [1.807, 2.05) is 59.5 Å². The zero-order chi connectivity index (χ0) is 24.2. The second-order valence-corrected chi connectivity index (χ2v) is 9.40. The van der Waals surface area contributed by atoms with Crippen LogP contribution in [0.2, 0.25) is 0 Å². The van der Waals surface area contributed by atoms with Crippen LogP contribution in [-0.2, 0) is 4.79 Å². The van der Waals surface area contributed by atoms with Crippen LogP contribution in [0.4, 0.5) is 0 Å². The van der Waals surface area contributed by atoms with Crippen molar-refractivity contribution in [3.8, 4) is 11.6 Å². The number of nitrogens with zero attached hydrogens (tertiary/aromatic N) is 3. The van der Waals surface area contributed by atoms with E-state index in [1.54, 1.807) is 12.3 Å². The van der Waals surface area contributed by atoms with Gasteiger partial charge in [-0.1, -0.05) is 24.3 Å². The number of aromatic nitrogens is 2. The van der Waals surface area contributed by atoms with Crippen molar-refractivity contribution in [1.29, 1.82) is 0 Å². The Morgan fingerprint density at radius 3 is 2.67 bits per heavy atom. The Kier molecular flexibility index (Phi) is 4.67. The van der Waals surface area contributed by atoms with E-state index in [1.165, 1.54) is 0 Å². The summed E-state index contributed by atoms with van der Waals surface area (Å²) < 4.78 is 11.3. The van der Waals surface area contributed by atoms with Gasteiger partial charge < -0.3 is 14.1 Å². The number of oxazole rings is 1. The molecule has 178 valence electrons. The van der Waals surface area contributed by atoms with Crippen molar-refractivity contribution in [2.75, 3.05) is 13.1 Å². The van der Waals surface area contributed by atoms with Crippen molar-refractivity contribution >= 4 is 22.7 Å². The summed E-state index contributed by atoms with van der Waals surface area (Å²) in [6.07, 6.45) is 4.05. The molecule has 1 atom stereocenters. The Morgan fingerprint density at radius 2 is 1.89 bits per heavy atom. The number of hydrogen-bond donors (Lipinski definition) is 1. The van der Waals surface area contributed by atoms with Crippen molar-refractivity contribution in [3.63, 3.8) is 0 Å². The van der Waals surface area contributed by atoms with Gasteiger partial charge in [0.05, 0.1) is 23.8 Å². The number of carbonyl (C=O) groups is 1. The maximum Gasteiger partial charge on any atom is 0.417 e. The van der Waals surface area contributed by atoms with Crippen LogP contribution in [0, 0.1) is 5.92 Å². The largest absolute Gasteiger partial charge is 0.439 e. The van der Waals surface area contributed by atoms with Crippen LogP contribution in [0.15, 0.2) is 92.2 Å². The van der Waals surface area contributed by atoms with Crippen LogP contribution in [0.3, 0.4) is 0 Å². The maximum atomic E-state index is 13.6. The fourth-order valence-electron chi connectivity index (χ4n) is 5.12. The molecule has 4 heterocycles. The van der Waals surface area contributed by atoms with Gasteiger partial charge in [0, 0.05) is 35.5 Å². The fourth-order valence-corrected chi connectivity index (χ4v) is 5.12. The standard InChI is InChI=1S/C28H22N4O4/c33-27-20-14-30-24(19-7-4-8-21-26(19)36-28(34)31-21)23(20)25(32(27)15-16-9-10-16)17-11-12-22(29-13-17)35-18-5-2-1-3-6-18/h1-8,11-13,16,25H,9-10,14-15H2,(H,31,34). The molecule has 1 unspecified atom stereocenters. The first-order valence-corrected chi connectivity index (χ1v) is 12.1. The van der Waals surface area contributed by atoms with E-state index < -0.39 is 5.76 Å². The highest BCUT2D eigenvalue weighted by Crippen LogP contribution is 2.45. The fraction of sp³-hybridized carbons (Fsp3) is 0.214. The predicted molar refractivity (Wildman–Crippen MR) is 133 cm³/mol. The number of hydrogen-bond acceptors (Lipinski definition) is 6. The molecule has 0 spiro atoms. The van der Waals surface area contributed by atoms with Crippen molar-refractivity contribution < 1.29 is 13.9 Å². The molecule has 0 saturated heterocycles. The van der Waals surface area contributed by atoms with Crippen LogP contribution in [0.25, 0.3) is 11.1 Å². The molecule has 1 saturated carbocycles. The molecule has 2 aromatic heterocycles. The van der Waals surface area contributed by atoms with E-state index in [0.717, 1.165) is 24.0 Å². The number of aliphatic imine (C=N–C) groups is 1. The number of rotatable bonds is 6. The summed E-state index contributed by atoms with van der Waals surface area (Å²) in [4.78, 5) is 39.4. The highest BCUT2D eigenvalue weighted by atomic mass is 16.5. The molecule has 0 radical (unpaired) electrons. The number of para-hydroxylation sites is 2. The number of benzene rings is 2. The van der Waals surface area contributed by atoms with E-state index in [9.17, 15) is 9.59 Å². The normalized spacial score (nSPS) is 19.2. The molecule has 8 heteroatoms. The van der Waals surface area contributed by atoms with Gasteiger partial charge in [-0.25, -0.2) is 9.78 Å². The van der Waals surface area contributed by atoms with Crippen molar-refractivity contribution in [2.24, 2.45) is 10.9 Å². The highest BCUT2D eigenvalue weighted by Gasteiger charge is 2.46. The third-order valence-corrected chi connectivity index (χ3v) is 6.97. The summed E-state index contributed by atoms with van der Waals surface area (Å²) in [5.41, 5.74) is 4.93. The van der Waals surface area contributed by atoms with Gasteiger partial charge in [0.1, 0.15) is 5.75 Å². The average molecular weight is 479 g/mol. The van der Waals surface area contributed by atoms with Gasteiger partial charge in [0.2, 0.25) is 5.88 Å². The molecule has 1 amide bonds. The second kappa shape index (κ2) is 8.05. The monoisotopic (exact) mass is 478 g/mol. The number of H-pyrrole nitrogens is 1. The number of ether oxygens (including phenoxy) is 1. The van der Waals surface area contributed by atoms with Crippen molar-refractivity contribution in [2.45, 2.75) is 18.9 Å². The SMILES string of the molecule is O=C1C2=C(C(c3cccc4[nH]c(=O)oc34)=NC2)C(c2ccc(Oc3ccccc3)nc2)N1CC1CC1. The number of nitrogens with one attached hydrogen (secondary N) is 1. The Bertz CT molecular complexity index is 1610. The summed E-state index contributed by atoms with van der Waals surface area (Å²) in [6.45, 7) is 1.02. The second-order valence-electron chi connectivity index (χ2n) is 9.40. The zero-order valence-electron chi connectivity index (χ0n) is 19.3. The first-order valence-electron chi connectivity index (χ1n) is 12.1. The number of amides is 1. The minimum atomic E-state index is -0.516. The Morgan fingerprint density at radius 1 is 1.03 bits per heavy atom. The molecule has 2 aromatic carbocycles. The predicted octanol–water partition coefficient (Wildman–Crippen LogP) is 4.40. The van der Waals surface area contributed by atoms with Gasteiger partial charge >= 0.3 is 5.76 Å². The molecular formula is C28H22N4O4. The van der Waals surface area contributed by atoms with E-state index in [4.69, 9.17) is 14.1 Å². The van der Waals surface area contributed by atoms with E-state index >= 15 is 0 Å². The number of pyridine rings is 1. The highest BCUT2D eigenvalue weighted by molar-refractivity contribution is 6.25. The summed E-state index contributed by atoms with van der Waals surface area (Å²) in [5.74, 6) is 1.22. The Balaban J connectivity index is 1.29. The first-order chi connectivity index (χ1) is 17.7. The molecule has 36 heavy (non-hydrogen) atoms. The lowest BCUT2D eigenvalue weighted by molar-refractivity contribution is -0.127. The lowest BCUT2D eigenvalue weighted by atomic mass is 9.92. The molecule has 0 bridgehead atoms. The first kappa shape index (κ1) is 20.9. The Hall–Kier alpha value is -4.46. The zero-order valence-corrected chi connectivity index (χ0v) is 19.3. The van der Waals surface area contributed by atoms with Crippen molar-refractivity contribution in [1.82, 2.24) is 14.9 Å². The Labute approximate surface area is 205 Å². The van der Waals surface area contributed by atoms with Gasteiger partial charge in [-0.05, 0) is 54.7 Å². The van der Waals surface area contributed by atoms with Gasteiger partial charge in [-0.2, -0.15) is 0 Å². The lowest BCUT2D eigenvalue weighted by Gasteiger charge is -2.28. The van der Waals surface area contributed by atoms with E-state index in [-0.39, 0.29) is 11.9 Å². The minimum Gasteiger partial charge on any atom is -0.439 e. The summed E-state index contributed by atoms with van der Waals surface area (Å²) in [7, 11) is 0. The summed E-state index contributed by atoms with van der Waals surface area (Å²) >= 11 is 0. The number of fused-ring (bicyclic) bond motifs is 1. The summed E-state index contributed by atoms with van der Waals surface area (Å²) in [6, 6.07) is 18.5. The van der Waals surface area contributed by atoms with Crippen LogP contribution < -0.4 is 10.5 Å². The molecule has 3 aliphatic rings. The van der Waals surface area contributed by atoms with Gasteiger partial charge in [0.15, 0.2) is 5.58 Å². The molecule has 8 nitrogen and oxygen atoms in total.